The number of fused-ring (bicyclic) bond motifs is 1. The fourth-order valence-corrected chi connectivity index (χ4v) is 1.58. The molecule has 2 aromatic rings. The molecule has 0 saturated heterocycles. The first-order valence-electron chi connectivity index (χ1n) is 4.85. The fraction of sp³-hybridized carbons (Fsp3) is 0.0833. The van der Waals surface area contributed by atoms with Crippen molar-refractivity contribution in [3.8, 4) is 0 Å². The Kier molecular flexibility index (Phi) is 2.64. The number of hydrogen-bond donors (Lipinski definition) is 0. The smallest absolute Gasteiger partial charge is 0.146 e. The van der Waals surface area contributed by atoms with Gasteiger partial charge in [-0.2, -0.15) is 5.10 Å². The molecule has 0 spiro atoms. The second-order valence-corrected chi connectivity index (χ2v) is 3.37. The Labute approximate surface area is 92.9 Å². The topological polar surface area (TPSA) is 47.3 Å². The Morgan fingerprint density at radius 3 is 3.06 bits per heavy atom. The third-order valence-corrected chi connectivity index (χ3v) is 2.39. The lowest BCUT2D eigenvalue weighted by atomic mass is 10.1. The van der Waals surface area contributed by atoms with Crippen LogP contribution in [-0.2, 0) is 4.79 Å². The Balaban J connectivity index is 2.75. The highest BCUT2D eigenvalue weighted by atomic mass is 16.1. The van der Waals surface area contributed by atoms with E-state index < -0.39 is 0 Å². The van der Waals surface area contributed by atoms with E-state index in [4.69, 9.17) is 0 Å². The largest absolute Gasteiger partial charge is 0.298 e. The van der Waals surface area contributed by atoms with Crippen LogP contribution in [-0.4, -0.2) is 20.9 Å². The zero-order valence-electron chi connectivity index (χ0n) is 8.92. The van der Waals surface area contributed by atoms with E-state index in [9.17, 15) is 4.79 Å². The number of rotatable bonds is 3. The van der Waals surface area contributed by atoms with E-state index in [-0.39, 0.29) is 0 Å². The van der Waals surface area contributed by atoms with Crippen molar-refractivity contribution in [2.45, 2.75) is 6.92 Å². The van der Waals surface area contributed by atoms with Crippen LogP contribution in [0.5, 0.6) is 0 Å². The number of carbonyl (C=O) groups excluding carboxylic acids is 1. The SMILES string of the molecule is C=C/C(=C(\C)C=O)c1ncnn2cccc12. The quantitative estimate of drug-likeness (QED) is 0.444. The molecule has 0 bridgehead atoms. The summed E-state index contributed by atoms with van der Waals surface area (Å²) in [6.45, 7) is 5.45. The van der Waals surface area contributed by atoms with Crippen LogP contribution in [0.15, 0.2) is 42.9 Å². The van der Waals surface area contributed by atoms with Crippen LogP contribution in [0.3, 0.4) is 0 Å². The standard InChI is InChI=1S/C12H11N3O/c1-3-10(9(2)7-16)12-11-5-4-6-15(11)14-8-13-12/h3-8H,1H2,2H3/b10-9-. The molecule has 0 saturated carbocycles. The van der Waals surface area contributed by atoms with Gasteiger partial charge in [-0.1, -0.05) is 12.7 Å². The number of aldehydes is 1. The van der Waals surface area contributed by atoms with Crippen LogP contribution in [0, 0.1) is 0 Å². The van der Waals surface area contributed by atoms with Gasteiger partial charge in [0.25, 0.3) is 0 Å². The zero-order chi connectivity index (χ0) is 11.5. The molecular weight excluding hydrogens is 202 g/mol. The van der Waals surface area contributed by atoms with Crippen molar-refractivity contribution in [2.24, 2.45) is 0 Å². The molecule has 16 heavy (non-hydrogen) atoms. The molecule has 0 fully saturated rings. The second-order valence-electron chi connectivity index (χ2n) is 3.37. The van der Waals surface area contributed by atoms with Gasteiger partial charge >= 0.3 is 0 Å². The number of hydrogen-bond acceptors (Lipinski definition) is 3. The molecule has 0 atom stereocenters. The van der Waals surface area contributed by atoms with Crippen LogP contribution in [0.2, 0.25) is 0 Å². The van der Waals surface area contributed by atoms with Crippen molar-refractivity contribution >= 4 is 17.4 Å². The number of nitrogens with zero attached hydrogens (tertiary/aromatic N) is 3. The normalized spacial score (nSPS) is 12.3. The molecule has 2 rings (SSSR count). The van der Waals surface area contributed by atoms with E-state index >= 15 is 0 Å². The molecule has 0 aromatic carbocycles. The highest BCUT2D eigenvalue weighted by Crippen LogP contribution is 2.20. The molecule has 0 aliphatic rings. The summed E-state index contributed by atoms with van der Waals surface area (Å²) in [6, 6.07) is 3.78. The van der Waals surface area contributed by atoms with Crippen molar-refractivity contribution < 1.29 is 4.79 Å². The average molecular weight is 213 g/mol. The predicted octanol–water partition coefficient (Wildman–Crippen LogP) is 1.89. The van der Waals surface area contributed by atoms with Gasteiger partial charge in [-0.25, -0.2) is 9.50 Å². The van der Waals surface area contributed by atoms with Crippen molar-refractivity contribution in [1.29, 1.82) is 0 Å². The fourth-order valence-electron chi connectivity index (χ4n) is 1.58. The second kappa shape index (κ2) is 4.10. The molecule has 2 aromatic heterocycles. The lowest BCUT2D eigenvalue weighted by molar-refractivity contribution is -0.104. The molecule has 0 aliphatic carbocycles. The van der Waals surface area contributed by atoms with E-state index in [1.807, 2.05) is 18.3 Å². The van der Waals surface area contributed by atoms with Crippen LogP contribution in [0.25, 0.3) is 11.1 Å². The molecule has 4 nitrogen and oxygen atoms in total. The molecular formula is C12H11N3O. The van der Waals surface area contributed by atoms with Gasteiger partial charge in [-0.15, -0.1) is 0 Å². The maximum atomic E-state index is 10.8. The molecule has 0 unspecified atom stereocenters. The first kappa shape index (κ1) is 10.3. The Morgan fingerprint density at radius 1 is 1.56 bits per heavy atom. The minimum Gasteiger partial charge on any atom is -0.298 e. The molecule has 0 radical (unpaired) electrons. The number of allylic oxidation sites excluding steroid dienone is 3. The molecule has 80 valence electrons. The molecule has 0 amide bonds. The van der Waals surface area contributed by atoms with Gasteiger partial charge in [0.05, 0.1) is 11.2 Å². The van der Waals surface area contributed by atoms with Gasteiger partial charge in [0.15, 0.2) is 0 Å². The molecule has 2 heterocycles. The third-order valence-electron chi connectivity index (χ3n) is 2.39. The zero-order valence-corrected chi connectivity index (χ0v) is 8.92. The van der Waals surface area contributed by atoms with Crippen LogP contribution in [0.4, 0.5) is 0 Å². The van der Waals surface area contributed by atoms with Crippen molar-refractivity contribution in [2.75, 3.05) is 0 Å². The summed E-state index contributed by atoms with van der Waals surface area (Å²) < 4.78 is 1.71. The summed E-state index contributed by atoms with van der Waals surface area (Å²) in [5, 5.41) is 4.06. The summed E-state index contributed by atoms with van der Waals surface area (Å²) in [4.78, 5) is 15.0. The average Bonchev–Trinajstić information content (AvgIpc) is 2.78. The Morgan fingerprint density at radius 2 is 2.38 bits per heavy atom. The maximum Gasteiger partial charge on any atom is 0.146 e. The first-order valence-corrected chi connectivity index (χ1v) is 4.85. The van der Waals surface area contributed by atoms with Crippen LogP contribution < -0.4 is 0 Å². The summed E-state index contributed by atoms with van der Waals surface area (Å²) in [6.07, 6.45) is 5.74. The minimum atomic E-state index is 0.608. The van der Waals surface area contributed by atoms with Crippen LogP contribution in [0.1, 0.15) is 12.6 Å². The summed E-state index contributed by atoms with van der Waals surface area (Å²) in [7, 11) is 0. The predicted molar refractivity (Wildman–Crippen MR) is 61.8 cm³/mol. The monoisotopic (exact) mass is 213 g/mol. The van der Waals surface area contributed by atoms with E-state index in [0.717, 1.165) is 23.1 Å². The van der Waals surface area contributed by atoms with Gasteiger partial charge in [-0.05, 0) is 24.6 Å². The lowest BCUT2D eigenvalue weighted by Gasteiger charge is -2.05. The highest BCUT2D eigenvalue weighted by molar-refractivity contribution is 5.93. The van der Waals surface area contributed by atoms with E-state index in [2.05, 4.69) is 16.7 Å². The van der Waals surface area contributed by atoms with Gasteiger partial charge < -0.3 is 0 Å². The van der Waals surface area contributed by atoms with Crippen LogP contribution >= 0.6 is 0 Å². The maximum absolute atomic E-state index is 10.8. The van der Waals surface area contributed by atoms with Gasteiger partial charge in [0, 0.05) is 11.8 Å². The van der Waals surface area contributed by atoms with Crippen molar-refractivity contribution in [1.82, 2.24) is 14.6 Å². The summed E-state index contributed by atoms with van der Waals surface area (Å²) >= 11 is 0. The van der Waals surface area contributed by atoms with Gasteiger partial charge in [-0.3, -0.25) is 4.79 Å². The van der Waals surface area contributed by atoms with Crippen molar-refractivity contribution in [3.63, 3.8) is 0 Å². The number of carbonyl (C=O) groups is 1. The molecule has 4 heteroatoms. The first-order chi connectivity index (χ1) is 7.77. The van der Waals surface area contributed by atoms with Gasteiger partial charge in [0.1, 0.15) is 12.6 Å². The van der Waals surface area contributed by atoms with Gasteiger partial charge in [0.2, 0.25) is 0 Å². The van der Waals surface area contributed by atoms with E-state index in [1.54, 1.807) is 17.5 Å². The Bertz CT molecular complexity index is 581. The number of aromatic nitrogens is 3. The summed E-state index contributed by atoms with van der Waals surface area (Å²) in [5.41, 5.74) is 2.93. The summed E-state index contributed by atoms with van der Waals surface area (Å²) in [5.74, 6) is 0. The van der Waals surface area contributed by atoms with Crippen molar-refractivity contribution in [3.05, 3.63) is 48.6 Å². The minimum absolute atomic E-state index is 0.608. The molecule has 0 aliphatic heterocycles. The molecule has 0 N–H and O–H groups in total. The Hall–Kier alpha value is -2.23. The van der Waals surface area contributed by atoms with E-state index in [0.29, 0.717) is 5.57 Å². The third kappa shape index (κ3) is 1.54. The lowest BCUT2D eigenvalue weighted by Crippen LogP contribution is -1.98. The highest BCUT2D eigenvalue weighted by Gasteiger charge is 2.08. The van der Waals surface area contributed by atoms with E-state index in [1.165, 1.54) is 6.33 Å².